The molecule has 2 aromatic rings. The predicted octanol–water partition coefficient (Wildman–Crippen LogP) is 2.21. The average Bonchev–Trinajstić information content (AvgIpc) is 2.54. The van der Waals surface area contributed by atoms with Crippen LogP contribution < -0.4 is 10.6 Å². The average molecular weight is 299 g/mol. The highest BCUT2D eigenvalue weighted by Gasteiger charge is 2.19. The molecule has 0 heterocycles. The summed E-state index contributed by atoms with van der Waals surface area (Å²) in [7, 11) is 1.52. The van der Waals surface area contributed by atoms with E-state index in [0.717, 1.165) is 0 Å². The summed E-state index contributed by atoms with van der Waals surface area (Å²) in [5, 5.41) is 16.0. The van der Waals surface area contributed by atoms with Crippen molar-refractivity contribution < 1.29 is 14.5 Å². The normalized spacial score (nSPS) is 9.86. The second-order valence-corrected chi connectivity index (χ2v) is 4.38. The number of hydrogen-bond donors (Lipinski definition) is 2. The number of carbonyl (C=O) groups excluding carboxylic acids is 2. The highest BCUT2D eigenvalue weighted by atomic mass is 16.6. The van der Waals surface area contributed by atoms with Crippen LogP contribution in [0.15, 0.2) is 48.5 Å². The summed E-state index contributed by atoms with van der Waals surface area (Å²) >= 11 is 0. The summed E-state index contributed by atoms with van der Waals surface area (Å²) in [6.45, 7) is 0. The summed E-state index contributed by atoms with van der Waals surface area (Å²) in [4.78, 5) is 33.8. The van der Waals surface area contributed by atoms with Crippen LogP contribution in [0.25, 0.3) is 0 Å². The number of hydrogen-bond acceptors (Lipinski definition) is 4. The van der Waals surface area contributed by atoms with Gasteiger partial charge in [0.2, 0.25) is 0 Å². The number of anilines is 1. The Morgan fingerprint density at radius 1 is 1.00 bits per heavy atom. The maximum Gasteiger partial charge on any atom is 0.282 e. The molecule has 0 saturated heterocycles. The van der Waals surface area contributed by atoms with Gasteiger partial charge < -0.3 is 10.6 Å². The fourth-order valence-corrected chi connectivity index (χ4v) is 1.87. The van der Waals surface area contributed by atoms with Crippen LogP contribution in [-0.2, 0) is 0 Å². The van der Waals surface area contributed by atoms with Gasteiger partial charge in [0.15, 0.2) is 0 Å². The fourth-order valence-electron chi connectivity index (χ4n) is 1.87. The summed E-state index contributed by atoms with van der Waals surface area (Å²) in [6, 6.07) is 11.9. The predicted molar refractivity (Wildman–Crippen MR) is 80.9 cm³/mol. The third-order valence-corrected chi connectivity index (χ3v) is 2.98. The van der Waals surface area contributed by atoms with Gasteiger partial charge in [0.25, 0.3) is 17.5 Å². The Morgan fingerprint density at radius 2 is 1.64 bits per heavy atom. The molecule has 112 valence electrons. The third-order valence-electron chi connectivity index (χ3n) is 2.98. The molecule has 0 unspecified atom stereocenters. The molecule has 0 spiro atoms. The van der Waals surface area contributed by atoms with E-state index in [1.807, 2.05) is 0 Å². The molecule has 2 aromatic carbocycles. The molecule has 0 aliphatic heterocycles. The Hall–Kier alpha value is -3.22. The first kappa shape index (κ1) is 15.2. The number of amides is 2. The number of benzene rings is 2. The number of nitrogens with one attached hydrogen (secondary N) is 2. The number of para-hydroxylation sites is 1. The quantitative estimate of drug-likeness (QED) is 0.667. The molecule has 2 rings (SSSR count). The maximum absolute atomic E-state index is 12.1. The van der Waals surface area contributed by atoms with Gasteiger partial charge in [-0.2, -0.15) is 0 Å². The topological polar surface area (TPSA) is 101 Å². The number of nitrogens with zero attached hydrogens (tertiary/aromatic N) is 1. The molecular formula is C15H13N3O4. The minimum atomic E-state index is -0.608. The lowest BCUT2D eigenvalue weighted by Gasteiger charge is -2.06. The smallest absolute Gasteiger partial charge is 0.282 e. The Kier molecular flexibility index (Phi) is 4.47. The van der Waals surface area contributed by atoms with Crippen molar-refractivity contribution in [2.75, 3.05) is 12.4 Å². The van der Waals surface area contributed by atoms with E-state index < -0.39 is 10.8 Å². The summed E-state index contributed by atoms with van der Waals surface area (Å²) < 4.78 is 0. The van der Waals surface area contributed by atoms with Crippen molar-refractivity contribution in [2.45, 2.75) is 0 Å². The van der Waals surface area contributed by atoms with Gasteiger partial charge >= 0.3 is 0 Å². The third kappa shape index (κ3) is 3.26. The highest BCUT2D eigenvalue weighted by Crippen LogP contribution is 2.19. The molecular weight excluding hydrogens is 286 g/mol. The molecule has 0 atom stereocenters. The van der Waals surface area contributed by atoms with Crippen LogP contribution in [0.3, 0.4) is 0 Å². The minimum absolute atomic E-state index is 0.0251. The maximum atomic E-state index is 12.1. The van der Waals surface area contributed by atoms with Crippen LogP contribution in [0.1, 0.15) is 20.7 Å². The first-order valence-electron chi connectivity index (χ1n) is 6.40. The van der Waals surface area contributed by atoms with Crippen LogP contribution in [0.5, 0.6) is 0 Å². The SMILES string of the molecule is CNC(=O)c1ccc(NC(=O)c2ccccc2[N+](=O)[O-])cc1. The van der Waals surface area contributed by atoms with Crippen molar-refractivity contribution in [1.82, 2.24) is 5.32 Å². The van der Waals surface area contributed by atoms with Crippen molar-refractivity contribution in [1.29, 1.82) is 0 Å². The van der Waals surface area contributed by atoms with E-state index in [2.05, 4.69) is 10.6 Å². The molecule has 0 aromatic heterocycles. The Balaban J connectivity index is 2.19. The zero-order valence-corrected chi connectivity index (χ0v) is 11.7. The monoisotopic (exact) mass is 299 g/mol. The summed E-state index contributed by atoms with van der Waals surface area (Å²) in [5.74, 6) is -0.823. The highest BCUT2D eigenvalue weighted by molar-refractivity contribution is 6.07. The molecule has 2 N–H and O–H groups in total. The van der Waals surface area contributed by atoms with E-state index in [0.29, 0.717) is 11.3 Å². The van der Waals surface area contributed by atoms with Crippen LogP contribution in [0.2, 0.25) is 0 Å². The van der Waals surface area contributed by atoms with Gasteiger partial charge in [-0.05, 0) is 30.3 Å². The Morgan fingerprint density at radius 3 is 2.23 bits per heavy atom. The molecule has 0 fully saturated rings. The van der Waals surface area contributed by atoms with Crippen LogP contribution >= 0.6 is 0 Å². The second kappa shape index (κ2) is 6.49. The molecule has 22 heavy (non-hydrogen) atoms. The van der Waals surface area contributed by atoms with Gasteiger partial charge in [-0.15, -0.1) is 0 Å². The van der Waals surface area contributed by atoms with Crippen molar-refractivity contribution in [2.24, 2.45) is 0 Å². The Labute approximate surface area is 126 Å². The zero-order chi connectivity index (χ0) is 16.1. The largest absolute Gasteiger partial charge is 0.355 e. The van der Waals surface area contributed by atoms with E-state index in [9.17, 15) is 19.7 Å². The van der Waals surface area contributed by atoms with E-state index in [4.69, 9.17) is 0 Å². The lowest BCUT2D eigenvalue weighted by atomic mass is 10.1. The number of carbonyl (C=O) groups is 2. The lowest BCUT2D eigenvalue weighted by molar-refractivity contribution is -0.385. The van der Waals surface area contributed by atoms with Crippen LogP contribution in [0.4, 0.5) is 11.4 Å². The summed E-state index contributed by atoms with van der Waals surface area (Å²) in [6.07, 6.45) is 0. The molecule has 0 aliphatic rings. The van der Waals surface area contributed by atoms with Gasteiger partial charge in [0, 0.05) is 24.4 Å². The number of nitro groups is 1. The fraction of sp³-hybridized carbons (Fsp3) is 0.0667. The van der Waals surface area contributed by atoms with Gasteiger partial charge in [0.1, 0.15) is 5.56 Å². The zero-order valence-electron chi connectivity index (χ0n) is 11.7. The second-order valence-electron chi connectivity index (χ2n) is 4.38. The van der Waals surface area contributed by atoms with Crippen LogP contribution in [-0.4, -0.2) is 23.8 Å². The minimum Gasteiger partial charge on any atom is -0.355 e. The van der Waals surface area contributed by atoms with E-state index in [1.54, 1.807) is 30.3 Å². The van der Waals surface area contributed by atoms with Gasteiger partial charge in [-0.3, -0.25) is 19.7 Å². The molecule has 0 aliphatic carbocycles. The van der Waals surface area contributed by atoms with E-state index in [1.165, 1.54) is 25.2 Å². The summed E-state index contributed by atoms with van der Waals surface area (Å²) in [5.41, 5.74) is 0.604. The standard InChI is InChI=1S/C15H13N3O4/c1-16-14(19)10-6-8-11(9-7-10)17-15(20)12-4-2-3-5-13(12)18(21)22/h2-9H,1H3,(H,16,19)(H,17,20). The molecule has 0 saturated carbocycles. The molecule has 0 radical (unpaired) electrons. The molecule has 7 nitrogen and oxygen atoms in total. The Bertz CT molecular complexity index is 726. The first-order chi connectivity index (χ1) is 10.5. The number of rotatable bonds is 4. The van der Waals surface area contributed by atoms with Crippen molar-refractivity contribution in [3.63, 3.8) is 0 Å². The van der Waals surface area contributed by atoms with Crippen molar-refractivity contribution >= 4 is 23.2 Å². The van der Waals surface area contributed by atoms with Crippen molar-refractivity contribution in [3.8, 4) is 0 Å². The lowest BCUT2D eigenvalue weighted by Crippen LogP contribution is -2.18. The van der Waals surface area contributed by atoms with Crippen LogP contribution in [0, 0.1) is 10.1 Å². The van der Waals surface area contributed by atoms with E-state index >= 15 is 0 Å². The molecule has 2 amide bonds. The van der Waals surface area contributed by atoms with Gasteiger partial charge in [-0.25, -0.2) is 0 Å². The molecule has 7 heteroatoms. The first-order valence-corrected chi connectivity index (χ1v) is 6.40. The van der Waals surface area contributed by atoms with E-state index in [-0.39, 0.29) is 17.2 Å². The van der Waals surface area contributed by atoms with Gasteiger partial charge in [0.05, 0.1) is 4.92 Å². The van der Waals surface area contributed by atoms with Crippen molar-refractivity contribution in [3.05, 3.63) is 69.8 Å². The number of nitro benzene ring substituents is 1. The molecule has 0 bridgehead atoms. The van der Waals surface area contributed by atoms with Gasteiger partial charge in [-0.1, -0.05) is 12.1 Å².